The highest BCUT2D eigenvalue weighted by atomic mass is 16.1. The molecule has 2 rings (SSSR count). The van der Waals surface area contributed by atoms with E-state index in [1.807, 2.05) is 13.8 Å². The minimum Gasteiger partial charge on any atom is -0.385 e. The maximum absolute atomic E-state index is 11.9. The first-order valence-electron chi connectivity index (χ1n) is 7.19. The molecule has 4 heteroatoms. The van der Waals surface area contributed by atoms with E-state index in [2.05, 4.69) is 34.9 Å². The third-order valence-corrected chi connectivity index (χ3v) is 3.22. The van der Waals surface area contributed by atoms with Gasteiger partial charge in [-0.25, -0.2) is 0 Å². The summed E-state index contributed by atoms with van der Waals surface area (Å²) in [7, 11) is 0. The number of carbonyl (C=O) groups excluding carboxylic acids is 1. The summed E-state index contributed by atoms with van der Waals surface area (Å²) in [6.07, 6.45) is 0.340. The fourth-order valence-electron chi connectivity index (χ4n) is 2.30. The highest BCUT2D eigenvalue weighted by Crippen LogP contribution is 2.15. The normalized spacial score (nSPS) is 9.86. The van der Waals surface area contributed by atoms with Crippen LogP contribution in [-0.4, -0.2) is 12.5 Å². The second-order valence-electron chi connectivity index (χ2n) is 5.26. The van der Waals surface area contributed by atoms with Crippen LogP contribution in [0, 0.1) is 25.2 Å². The summed E-state index contributed by atoms with van der Waals surface area (Å²) in [5.41, 5.74) is 4.42. The monoisotopic (exact) mass is 293 g/mol. The van der Waals surface area contributed by atoms with Crippen LogP contribution in [0.3, 0.4) is 0 Å². The van der Waals surface area contributed by atoms with Gasteiger partial charge in [0.15, 0.2) is 0 Å². The van der Waals surface area contributed by atoms with E-state index in [0.29, 0.717) is 24.2 Å². The van der Waals surface area contributed by atoms with Crippen molar-refractivity contribution in [1.82, 2.24) is 0 Å². The van der Waals surface area contributed by atoms with Gasteiger partial charge in [0, 0.05) is 18.7 Å². The van der Waals surface area contributed by atoms with E-state index in [0.717, 1.165) is 5.69 Å². The fourth-order valence-corrected chi connectivity index (χ4v) is 2.30. The van der Waals surface area contributed by atoms with Crippen molar-refractivity contribution in [2.75, 3.05) is 17.2 Å². The lowest BCUT2D eigenvalue weighted by Gasteiger charge is -2.10. The molecule has 0 radical (unpaired) electrons. The van der Waals surface area contributed by atoms with Crippen LogP contribution in [0.25, 0.3) is 0 Å². The van der Waals surface area contributed by atoms with E-state index < -0.39 is 0 Å². The number of carbonyl (C=O) groups is 1. The summed E-state index contributed by atoms with van der Waals surface area (Å²) in [6, 6.07) is 15.3. The number of amides is 1. The zero-order chi connectivity index (χ0) is 15.9. The highest BCUT2D eigenvalue weighted by Gasteiger charge is 2.06. The van der Waals surface area contributed by atoms with E-state index >= 15 is 0 Å². The molecule has 2 aromatic rings. The van der Waals surface area contributed by atoms with Gasteiger partial charge in [0.05, 0.1) is 11.3 Å². The van der Waals surface area contributed by atoms with E-state index in [1.165, 1.54) is 11.1 Å². The maximum Gasteiger partial charge on any atom is 0.226 e. The van der Waals surface area contributed by atoms with Crippen LogP contribution >= 0.6 is 0 Å². The van der Waals surface area contributed by atoms with Crippen LogP contribution in [-0.2, 0) is 4.79 Å². The predicted octanol–water partition coefficient (Wildman–Crippen LogP) is 3.62. The minimum absolute atomic E-state index is 0.112. The molecule has 0 unspecified atom stereocenters. The molecule has 0 aliphatic heterocycles. The van der Waals surface area contributed by atoms with Crippen LogP contribution in [0.15, 0.2) is 42.5 Å². The molecule has 2 N–H and O–H groups in total. The molecule has 0 aliphatic rings. The third-order valence-electron chi connectivity index (χ3n) is 3.22. The molecule has 0 aliphatic carbocycles. The van der Waals surface area contributed by atoms with Crippen molar-refractivity contribution in [2.45, 2.75) is 20.3 Å². The number of anilines is 2. The molecule has 0 atom stereocenters. The second kappa shape index (κ2) is 7.28. The van der Waals surface area contributed by atoms with E-state index in [-0.39, 0.29) is 5.91 Å². The number of para-hydroxylation sites is 1. The average molecular weight is 293 g/mol. The van der Waals surface area contributed by atoms with Crippen molar-refractivity contribution < 1.29 is 4.79 Å². The lowest BCUT2D eigenvalue weighted by Crippen LogP contribution is -2.16. The molecule has 22 heavy (non-hydrogen) atoms. The summed E-state index contributed by atoms with van der Waals surface area (Å²) in [4.78, 5) is 11.9. The van der Waals surface area contributed by atoms with E-state index in [9.17, 15) is 4.79 Å². The molecule has 1 amide bonds. The minimum atomic E-state index is -0.112. The molecule has 0 saturated carbocycles. The van der Waals surface area contributed by atoms with Crippen molar-refractivity contribution in [3.63, 3.8) is 0 Å². The van der Waals surface area contributed by atoms with Gasteiger partial charge in [-0.15, -0.1) is 0 Å². The van der Waals surface area contributed by atoms with Gasteiger partial charge in [0.2, 0.25) is 5.91 Å². The number of benzene rings is 2. The standard InChI is InChI=1S/C18H19N3O/c1-13-9-14(2)11-16(10-13)20-8-7-18(22)21-17-6-4-3-5-15(17)12-19/h3-6,9-11,20H,7-8H2,1-2H3,(H,21,22). The molecule has 0 fully saturated rings. The number of nitrogens with zero attached hydrogens (tertiary/aromatic N) is 1. The Kier molecular flexibility index (Phi) is 5.16. The molecular weight excluding hydrogens is 274 g/mol. The van der Waals surface area contributed by atoms with Crippen molar-refractivity contribution in [3.8, 4) is 6.07 Å². The van der Waals surface area contributed by atoms with E-state index in [1.54, 1.807) is 24.3 Å². The number of rotatable bonds is 5. The van der Waals surface area contributed by atoms with Crippen LogP contribution < -0.4 is 10.6 Å². The largest absolute Gasteiger partial charge is 0.385 e. The Morgan fingerprint density at radius 3 is 2.50 bits per heavy atom. The zero-order valence-electron chi connectivity index (χ0n) is 12.8. The van der Waals surface area contributed by atoms with Gasteiger partial charge in [-0.3, -0.25) is 4.79 Å². The fraction of sp³-hybridized carbons (Fsp3) is 0.222. The van der Waals surface area contributed by atoms with Crippen LogP contribution in [0.2, 0.25) is 0 Å². The molecule has 0 aromatic heterocycles. The molecule has 4 nitrogen and oxygen atoms in total. The van der Waals surface area contributed by atoms with Gasteiger partial charge in [-0.2, -0.15) is 5.26 Å². The summed E-state index contributed by atoms with van der Waals surface area (Å²) < 4.78 is 0. The summed E-state index contributed by atoms with van der Waals surface area (Å²) in [5, 5.41) is 15.0. The Bertz CT molecular complexity index is 696. The SMILES string of the molecule is Cc1cc(C)cc(NCCC(=O)Nc2ccccc2C#N)c1. The smallest absolute Gasteiger partial charge is 0.226 e. The Hall–Kier alpha value is -2.80. The molecular formula is C18H19N3O. The van der Waals surface area contributed by atoms with Gasteiger partial charge in [-0.1, -0.05) is 18.2 Å². The Morgan fingerprint density at radius 1 is 1.14 bits per heavy atom. The topological polar surface area (TPSA) is 64.9 Å². The van der Waals surface area contributed by atoms with Crippen LogP contribution in [0.1, 0.15) is 23.1 Å². The van der Waals surface area contributed by atoms with Crippen LogP contribution in [0.4, 0.5) is 11.4 Å². The molecule has 0 bridgehead atoms. The predicted molar refractivity (Wildman–Crippen MR) is 88.8 cm³/mol. The summed E-state index contributed by atoms with van der Waals surface area (Å²) in [6.45, 7) is 4.64. The van der Waals surface area contributed by atoms with Crippen molar-refractivity contribution in [1.29, 1.82) is 5.26 Å². The van der Waals surface area contributed by atoms with Gasteiger partial charge in [0.1, 0.15) is 6.07 Å². The first kappa shape index (κ1) is 15.6. The highest BCUT2D eigenvalue weighted by molar-refractivity contribution is 5.92. The van der Waals surface area contributed by atoms with Crippen molar-refractivity contribution in [3.05, 3.63) is 59.2 Å². The lowest BCUT2D eigenvalue weighted by atomic mass is 10.1. The molecule has 112 valence electrons. The maximum atomic E-state index is 11.9. The number of nitriles is 1. The zero-order valence-corrected chi connectivity index (χ0v) is 12.8. The van der Waals surface area contributed by atoms with Gasteiger partial charge < -0.3 is 10.6 Å². The Morgan fingerprint density at radius 2 is 1.82 bits per heavy atom. The molecule has 0 heterocycles. The van der Waals surface area contributed by atoms with Gasteiger partial charge in [0.25, 0.3) is 0 Å². The van der Waals surface area contributed by atoms with E-state index in [4.69, 9.17) is 5.26 Å². The third kappa shape index (κ3) is 4.35. The van der Waals surface area contributed by atoms with Gasteiger partial charge in [-0.05, 0) is 49.2 Å². The molecule has 2 aromatic carbocycles. The first-order valence-corrected chi connectivity index (χ1v) is 7.19. The summed E-state index contributed by atoms with van der Waals surface area (Å²) in [5.74, 6) is -0.112. The lowest BCUT2D eigenvalue weighted by molar-refractivity contribution is -0.115. The van der Waals surface area contributed by atoms with Crippen molar-refractivity contribution >= 4 is 17.3 Å². The number of aryl methyl sites for hydroxylation is 2. The molecule has 0 saturated heterocycles. The Labute approximate surface area is 130 Å². The second-order valence-corrected chi connectivity index (χ2v) is 5.26. The number of nitrogens with one attached hydrogen (secondary N) is 2. The first-order chi connectivity index (χ1) is 10.6. The average Bonchev–Trinajstić information content (AvgIpc) is 2.46. The summed E-state index contributed by atoms with van der Waals surface area (Å²) >= 11 is 0. The van der Waals surface area contributed by atoms with Gasteiger partial charge >= 0.3 is 0 Å². The molecule has 0 spiro atoms. The Balaban J connectivity index is 1.87. The number of hydrogen-bond donors (Lipinski definition) is 2. The quantitative estimate of drug-likeness (QED) is 0.885. The van der Waals surface area contributed by atoms with Crippen LogP contribution in [0.5, 0.6) is 0 Å². The number of hydrogen-bond acceptors (Lipinski definition) is 3. The van der Waals surface area contributed by atoms with Crippen molar-refractivity contribution in [2.24, 2.45) is 0 Å².